The van der Waals surface area contributed by atoms with Gasteiger partial charge in [-0.05, 0) is 19.2 Å². The van der Waals surface area contributed by atoms with Crippen molar-refractivity contribution in [3.8, 4) is 11.6 Å². The van der Waals surface area contributed by atoms with Crippen LogP contribution in [0.25, 0.3) is 5.69 Å². The zero-order valence-electron chi connectivity index (χ0n) is 13.6. The molecule has 1 aliphatic rings. The van der Waals surface area contributed by atoms with Crippen LogP contribution in [0.4, 0.5) is 0 Å². The minimum atomic E-state index is -0.771. The van der Waals surface area contributed by atoms with Gasteiger partial charge in [-0.2, -0.15) is 5.10 Å². The first-order valence-corrected chi connectivity index (χ1v) is 8.16. The number of halogens is 1. The van der Waals surface area contributed by atoms with Crippen LogP contribution >= 0.6 is 11.6 Å². The first-order valence-electron chi connectivity index (χ1n) is 7.78. The Bertz CT molecular complexity index is 913. The summed E-state index contributed by atoms with van der Waals surface area (Å²) in [7, 11) is 2.02. The van der Waals surface area contributed by atoms with Gasteiger partial charge in [-0.25, -0.2) is 9.36 Å². The number of piperazine rings is 1. The molecule has 2 heterocycles. The summed E-state index contributed by atoms with van der Waals surface area (Å²) >= 11 is 6.10. The molecular formula is C16H18ClN5O3. The molecule has 0 spiro atoms. The van der Waals surface area contributed by atoms with Crippen LogP contribution in [-0.4, -0.2) is 64.0 Å². The van der Waals surface area contributed by atoms with E-state index in [4.69, 9.17) is 11.6 Å². The van der Waals surface area contributed by atoms with E-state index in [-0.39, 0.29) is 16.3 Å². The summed E-state index contributed by atoms with van der Waals surface area (Å²) in [6, 6.07) is 6.54. The smallest absolute Gasteiger partial charge is 0.335 e. The minimum Gasteiger partial charge on any atom is -0.493 e. The number of likely N-dealkylation sites (N-methyl/N-ethyl adjacent to an activating group) is 1. The number of hydrazone groups is 1. The Morgan fingerprint density at radius 1 is 1.20 bits per heavy atom. The Hall–Kier alpha value is -2.58. The van der Waals surface area contributed by atoms with Crippen molar-refractivity contribution in [1.29, 1.82) is 0 Å². The SMILES string of the molecule is CN1CCN(N=Cc2c(O)n(-c3ccccc3Cl)c(=O)[nH]c2=O)CC1. The molecule has 1 saturated heterocycles. The van der Waals surface area contributed by atoms with Crippen LogP contribution in [0.15, 0.2) is 39.0 Å². The predicted molar refractivity (Wildman–Crippen MR) is 96.0 cm³/mol. The number of para-hydroxylation sites is 1. The predicted octanol–water partition coefficient (Wildman–Crippen LogP) is 0.466. The molecule has 132 valence electrons. The summed E-state index contributed by atoms with van der Waals surface area (Å²) in [6.07, 6.45) is 1.27. The molecule has 2 aromatic rings. The van der Waals surface area contributed by atoms with Gasteiger partial charge < -0.3 is 10.0 Å². The number of hydrogen-bond donors (Lipinski definition) is 2. The minimum absolute atomic E-state index is 0.0987. The van der Waals surface area contributed by atoms with Crippen LogP contribution in [0.3, 0.4) is 0 Å². The molecule has 1 aliphatic heterocycles. The van der Waals surface area contributed by atoms with Crippen molar-refractivity contribution in [2.24, 2.45) is 5.10 Å². The molecule has 1 fully saturated rings. The van der Waals surface area contributed by atoms with Gasteiger partial charge in [0.2, 0.25) is 5.88 Å². The summed E-state index contributed by atoms with van der Waals surface area (Å²) < 4.78 is 0.953. The third-order valence-electron chi connectivity index (χ3n) is 4.04. The summed E-state index contributed by atoms with van der Waals surface area (Å²) in [5, 5.41) is 16.8. The lowest BCUT2D eigenvalue weighted by Gasteiger charge is -2.30. The molecule has 1 aromatic carbocycles. The van der Waals surface area contributed by atoms with Crippen molar-refractivity contribution in [2.45, 2.75) is 0 Å². The van der Waals surface area contributed by atoms with Gasteiger partial charge in [0.25, 0.3) is 5.56 Å². The van der Waals surface area contributed by atoms with E-state index in [2.05, 4.69) is 15.0 Å². The van der Waals surface area contributed by atoms with E-state index in [0.717, 1.165) is 30.7 Å². The van der Waals surface area contributed by atoms with E-state index in [1.54, 1.807) is 24.3 Å². The normalized spacial score (nSPS) is 15.8. The molecule has 9 heteroatoms. The Kier molecular flexibility index (Phi) is 4.91. The molecule has 0 bridgehead atoms. The zero-order chi connectivity index (χ0) is 18.0. The zero-order valence-corrected chi connectivity index (χ0v) is 14.4. The monoisotopic (exact) mass is 363 g/mol. The van der Waals surface area contributed by atoms with Crippen LogP contribution in [0, 0.1) is 0 Å². The number of hydrogen-bond acceptors (Lipinski definition) is 6. The molecule has 0 amide bonds. The van der Waals surface area contributed by atoms with E-state index in [1.807, 2.05) is 12.1 Å². The number of nitrogens with one attached hydrogen (secondary N) is 1. The number of rotatable bonds is 3. The molecule has 2 N–H and O–H groups in total. The van der Waals surface area contributed by atoms with Gasteiger partial charge >= 0.3 is 5.69 Å². The Morgan fingerprint density at radius 2 is 1.88 bits per heavy atom. The molecular weight excluding hydrogens is 346 g/mol. The lowest BCUT2D eigenvalue weighted by atomic mass is 10.3. The Balaban J connectivity index is 2.01. The maximum Gasteiger partial charge on any atom is 0.335 e. The maximum atomic E-state index is 12.1. The van der Waals surface area contributed by atoms with Crippen molar-refractivity contribution >= 4 is 17.8 Å². The molecule has 3 rings (SSSR count). The summed E-state index contributed by atoms with van der Waals surface area (Å²) in [4.78, 5) is 28.6. The van der Waals surface area contributed by atoms with Crippen LogP contribution in [-0.2, 0) is 0 Å². The van der Waals surface area contributed by atoms with E-state index in [0.29, 0.717) is 0 Å². The highest BCUT2D eigenvalue weighted by atomic mass is 35.5. The van der Waals surface area contributed by atoms with Crippen molar-refractivity contribution in [3.05, 3.63) is 55.7 Å². The van der Waals surface area contributed by atoms with Crippen molar-refractivity contribution < 1.29 is 5.11 Å². The fraction of sp³-hybridized carbons (Fsp3) is 0.312. The number of nitrogens with zero attached hydrogens (tertiary/aromatic N) is 4. The first-order chi connectivity index (χ1) is 12.0. The molecule has 25 heavy (non-hydrogen) atoms. The van der Waals surface area contributed by atoms with Gasteiger partial charge in [0.05, 0.1) is 16.9 Å². The van der Waals surface area contributed by atoms with E-state index < -0.39 is 17.1 Å². The fourth-order valence-electron chi connectivity index (χ4n) is 2.56. The highest BCUT2D eigenvalue weighted by molar-refractivity contribution is 6.32. The van der Waals surface area contributed by atoms with Gasteiger partial charge in [0.15, 0.2) is 0 Å². The van der Waals surface area contributed by atoms with Crippen molar-refractivity contribution in [2.75, 3.05) is 33.2 Å². The lowest BCUT2D eigenvalue weighted by Crippen LogP contribution is -2.42. The molecule has 1 aromatic heterocycles. The molecule has 0 unspecified atom stereocenters. The number of aromatic nitrogens is 2. The lowest BCUT2D eigenvalue weighted by molar-refractivity contribution is 0.159. The number of H-pyrrole nitrogens is 1. The van der Waals surface area contributed by atoms with Crippen LogP contribution in [0.2, 0.25) is 5.02 Å². The summed E-state index contributed by atoms with van der Waals surface area (Å²) in [6.45, 7) is 3.16. The van der Waals surface area contributed by atoms with E-state index >= 15 is 0 Å². The number of benzene rings is 1. The highest BCUT2D eigenvalue weighted by Gasteiger charge is 2.17. The third-order valence-corrected chi connectivity index (χ3v) is 4.36. The van der Waals surface area contributed by atoms with Crippen LogP contribution in [0.5, 0.6) is 5.88 Å². The largest absolute Gasteiger partial charge is 0.493 e. The van der Waals surface area contributed by atoms with Crippen LogP contribution in [0.1, 0.15) is 5.56 Å². The third kappa shape index (κ3) is 3.59. The van der Waals surface area contributed by atoms with Gasteiger partial charge in [-0.3, -0.25) is 14.8 Å². The topological polar surface area (TPSA) is 93.9 Å². The Labute approximate surface area is 148 Å². The molecule has 0 saturated carbocycles. The first kappa shape index (κ1) is 17.2. The molecule has 8 nitrogen and oxygen atoms in total. The standard InChI is InChI=1S/C16H18ClN5O3/c1-20-6-8-21(9-7-20)18-10-11-14(23)19-16(25)22(15(11)24)13-5-3-2-4-12(13)17/h2-5,10,24H,6-9H2,1H3,(H,19,23,25). The second-order valence-electron chi connectivity index (χ2n) is 5.78. The second-order valence-corrected chi connectivity index (χ2v) is 6.19. The fourth-order valence-corrected chi connectivity index (χ4v) is 2.78. The highest BCUT2D eigenvalue weighted by Crippen LogP contribution is 2.22. The van der Waals surface area contributed by atoms with Gasteiger partial charge in [-0.1, -0.05) is 23.7 Å². The number of aromatic hydroxyl groups is 1. The van der Waals surface area contributed by atoms with E-state index in [9.17, 15) is 14.7 Å². The second kappa shape index (κ2) is 7.12. The molecule has 0 radical (unpaired) electrons. The number of aromatic amines is 1. The molecule has 0 aliphatic carbocycles. The Morgan fingerprint density at radius 3 is 2.56 bits per heavy atom. The van der Waals surface area contributed by atoms with E-state index in [1.165, 1.54) is 6.21 Å². The van der Waals surface area contributed by atoms with Gasteiger partial charge in [0, 0.05) is 26.2 Å². The van der Waals surface area contributed by atoms with Gasteiger partial charge in [-0.15, -0.1) is 0 Å². The average molecular weight is 364 g/mol. The van der Waals surface area contributed by atoms with Gasteiger partial charge in [0.1, 0.15) is 5.56 Å². The van der Waals surface area contributed by atoms with Crippen LogP contribution < -0.4 is 11.2 Å². The van der Waals surface area contributed by atoms with Crippen molar-refractivity contribution in [3.63, 3.8) is 0 Å². The maximum absolute atomic E-state index is 12.1. The summed E-state index contributed by atoms with van der Waals surface area (Å²) in [5.41, 5.74) is -1.30. The molecule has 0 atom stereocenters. The van der Waals surface area contributed by atoms with Crippen molar-refractivity contribution in [1.82, 2.24) is 19.5 Å². The summed E-state index contributed by atoms with van der Waals surface area (Å²) in [5.74, 6) is -0.500. The average Bonchev–Trinajstić information content (AvgIpc) is 2.57. The quantitative estimate of drug-likeness (QED) is 0.773.